The molecule has 0 radical (unpaired) electrons. The predicted octanol–water partition coefficient (Wildman–Crippen LogP) is 3.67. The molecule has 1 N–H and O–H groups in total. The van der Waals surface area contributed by atoms with Crippen LogP contribution < -0.4 is 14.8 Å². The van der Waals surface area contributed by atoms with E-state index in [1.54, 1.807) is 44.4 Å². The number of nitrogens with one attached hydrogen (secondary N) is 1. The van der Waals surface area contributed by atoms with Gasteiger partial charge in [0.15, 0.2) is 6.61 Å². The summed E-state index contributed by atoms with van der Waals surface area (Å²) in [6, 6.07) is 13.5. The molecular formula is C22H27ClN2O4. The molecule has 0 unspecified atom stereocenters. The third-order valence-electron chi connectivity index (χ3n) is 4.32. The minimum absolute atomic E-state index is 0.0298. The van der Waals surface area contributed by atoms with Gasteiger partial charge in [-0.2, -0.15) is 0 Å². The number of amides is 2. The van der Waals surface area contributed by atoms with Crippen molar-refractivity contribution in [2.75, 3.05) is 13.7 Å². The van der Waals surface area contributed by atoms with Crippen molar-refractivity contribution in [2.45, 2.75) is 39.4 Å². The van der Waals surface area contributed by atoms with Gasteiger partial charge in [0.1, 0.15) is 17.5 Å². The Labute approximate surface area is 176 Å². The van der Waals surface area contributed by atoms with Gasteiger partial charge in [0.05, 0.1) is 7.11 Å². The third-order valence-corrected chi connectivity index (χ3v) is 4.69. The quantitative estimate of drug-likeness (QED) is 0.674. The molecular weight excluding hydrogens is 392 g/mol. The summed E-state index contributed by atoms with van der Waals surface area (Å²) in [6.45, 7) is 5.45. The summed E-state index contributed by atoms with van der Waals surface area (Å²) in [5, 5.41) is 3.38. The summed E-state index contributed by atoms with van der Waals surface area (Å²) in [6.07, 6.45) is 0. The maximum absolute atomic E-state index is 12.9. The van der Waals surface area contributed by atoms with Crippen LogP contribution in [0, 0.1) is 0 Å². The van der Waals surface area contributed by atoms with Crippen LogP contribution >= 0.6 is 11.6 Å². The second-order valence-electron chi connectivity index (χ2n) is 6.92. The number of hydrogen-bond donors (Lipinski definition) is 1. The first-order valence-electron chi connectivity index (χ1n) is 9.42. The average Bonchev–Trinajstić information content (AvgIpc) is 2.70. The van der Waals surface area contributed by atoms with Crippen LogP contribution in [-0.4, -0.2) is 42.5 Å². The van der Waals surface area contributed by atoms with Gasteiger partial charge in [0.25, 0.3) is 5.91 Å². The van der Waals surface area contributed by atoms with Gasteiger partial charge in [-0.1, -0.05) is 29.8 Å². The highest BCUT2D eigenvalue weighted by Gasteiger charge is 2.27. The Morgan fingerprint density at radius 3 is 2.24 bits per heavy atom. The van der Waals surface area contributed by atoms with Crippen molar-refractivity contribution in [3.8, 4) is 11.5 Å². The first kappa shape index (κ1) is 22.6. The van der Waals surface area contributed by atoms with E-state index < -0.39 is 6.04 Å². The van der Waals surface area contributed by atoms with Gasteiger partial charge in [0, 0.05) is 17.6 Å². The number of hydrogen-bond acceptors (Lipinski definition) is 4. The topological polar surface area (TPSA) is 67.9 Å². The Morgan fingerprint density at radius 2 is 1.66 bits per heavy atom. The highest BCUT2D eigenvalue weighted by molar-refractivity contribution is 6.31. The van der Waals surface area contributed by atoms with Gasteiger partial charge in [-0.05, 0) is 56.7 Å². The van der Waals surface area contributed by atoms with E-state index in [0.717, 1.165) is 5.56 Å². The SMILES string of the molecule is COc1ccc(OCC(=O)N(Cc2ccccc2Cl)[C@H](C)C(=O)NC(C)C)cc1. The maximum atomic E-state index is 12.9. The lowest BCUT2D eigenvalue weighted by Crippen LogP contribution is -2.50. The molecule has 0 aliphatic carbocycles. The largest absolute Gasteiger partial charge is 0.497 e. The fourth-order valence-corrected chi connectivity index (χ4v) is 2.89. The minimum Gasteiger partial charge on any atom is -0.497 e. The lowest BCUT2D eigenvalue weighted by Gasteiger charge is -2.29. The number of halogens is 1. The van der Waals surface area contributed by atoms with Gasteiger partial charge in [-0.15, -0.1) is 0 Å². The van der Waals surface area contributed by atoms with Gasteiger partial charge in [0.2, 0.25) is 5.91 Å². The molecule has 0 saturated carbocycles. The molecule has 1 atom stereocenters. The molecule has 0 fully saturated rings. The Bertz CT molecular complexity index is 824. The second-order valence-corrected chi connectivity index (χ2v) is 7.32. The van der Waals surface area contributed by atoms with Crippen LogP contribution in [0.3, 0.4) is 0 Å². The molecule has 2 rings (SSSR count). The standard InChI is InChI=1S/C22H27ClN2O4/c1-15(2)24-22(27)16(3)25(13-17-7-5-6-8-20(17)23)21(26)14-29-19-11-9-18(28-4)10-12-19/h5-12,15-16H,13-14H2,1-4H3,(H,24,27)/t16-/m1/s1. The molecule has 2 aromatic carbocycles. The summed E-state index contributed by atoms with van der Waals surface area (Å²) in [4.78, 5) is 26.9. The lowest BCUT2D eigenvalue weighted by molar-refractivity contribution is -0.142. The van der Waals surface area contributed by atoms with Crippen molar-refractivity contribution in [3.63, 3.8) is 0 Å². The molecule has 0 saturated heterocycles. The van der Waals surface area contributed by atoms with Crippen molar-refractivity contribution in [3.05, 3.63) is 59.1 Å². The summed E-state index contributed by atoms with van der Waals surface area (Å²) in [5.41, 5.74) is 0.760. The van der Waals surface area contributed by atoms with Crippen molar-refractivity contribution >= 4 is 23.4 Å². The van der Waals surface area contributed by atoms with Crippen LogP contribution in [0.5, 0.6) is 11.5 Å². The molecule has 156 valence electrons. The average molecular weight is 419 g/mol. The monoisotopic (exact) mass is 418 g/mol. The van der Waals surface area contributed by atoms with E-state index in [2.05, 4.69) is 5.32 Å². The molecule has 29 heavy (non-hydrogen) atoms. The van der Waals surface area contributed by atoms with E-state index in [1.165, 1.54) is 4.90 Å². The summed E-state index contributed by atoms with van der Waals surface area (Å²) < 4.78 is 10.7. The molecule has 0 heterocycles. The second kappa shape index (κ2) is 10.7. The van der Waals surface area contributed by atoms with Crippen LogP contribution in [0.25, 0.3) is 0 Å². The molecule has 7 heteroatoms. The molecule has 2 aromatic rings. The van der Waals surface area contributed by atoms with Crippen molar-refractivity contribution in [1.82, 2.24) is 10.2 Å². The molecule has 0 bridgehead atoms. The lowest BCUT2D eigenvalue weighted by atomic mass is 10.1. The van der Waals surface area contributed by atoms with Crippen LogP contribution in [0.2, 0.25) is 5.02 Å². The van der Waals surface area contributed by atoms with E-state index in [1.807, 2.05) is 32.0 Å². The number of carbonyl (C=O) groups excluding carboxylic acids is 2. The molecule has 0 aromatic heterocycles. The van der Waals surface area contributed by atoms with E-state index in [4.69, 9.17) is 21.1 Å². The Kier molecular flexibility index (Phi) is 8.34. The highest BCUT2D eigenvalue weighted by Crippen LogP contribution is 2.20. The Morgan fingerprint density at radius 1 is 1.03 bits per heavy atom. The number of nitrogens with zero attached hydrogens (tertiary/aromatic N) is 1. The molecule has 6 nitrogen and oxygen atoms in total. The maximum Gasteiger partial charge on any atom is 0.261 e. The van der Waals surface area contributed by atoms with Crippen LogP contribution in [-0.2, 0) is 16.1 Å². The van der Waals surface area contributed by atoms with Crippen molar-refractivity contribution in [1.29, 1.82) is 0 Å². The van der Waals surface area contributed by atoms with Gasteiger partial charge >= 0.3 is 0 Å². The van der Waals surface area contributed by atoms with E-state index >= 15 is 0 Å². The van der Waals surface area contributed by atoms with Crippen molar-refractivity contribution < 1.29 is 19.1 Å². The van der Waals surface area contributed by atoms with E-state index in [-0.39, 0.29) is 31.0 Å². The zero-order valence-electron chi connectivity index (χ0n) is 17.1. The Balaban J connectivity index is 2.14. The van der Waals surface area contributed by atoms with E-state index in [0.29, 0.717) is 16.5 Å². The zero-order chi connectivity index (χ0) is 21.4. The number of rotatable bonds is 9. The Hall–Kier alpha value is -2.73. The summed E-state index contributed by atoms with van der Waals surface area (Å²) in [7, 11) is 1.58. The normalized spacial score (nSPS) is 11.7. The number of carbonyl (C=O) groups is 2. The number of methoxy groups -OCH3 is 1. The van der Waals surface area contributed by atoms with Gasteiger partial charge in [-0.3, -0.25) is 9.59 Å². The minimum atomic E-state index is -0.680. The van der Waals surface area contributed by atoms with Crippen LogP contribution in [0.4, 0.5) is 0 Å². The number of benzene rings is 2. The van der Waals surface area contributed by atoms with Gasteiger partial charge < -0.3 is 19.7 Å². The zero-order valence-corrected chi connectivity index (χ0v) is 17.9. The van der Waals surface area contributed by atoms with Crippen LogP contribution in [0.1, 0.15) is 26.3 Å². The predicted molar refractivity (Wildman–Crippen MR) is 113 cm³/mol. The number of ether oxygens (including phenoxy) is 2. The first-order chi connectivity index (χ1) is 13.8. The van der Waals surface area contributed by atoms with Gasteiger partial charge in [-0.25, -0.2) is 0 Å². The van der Waals surface area contributed by atoms with Crippen LogP contribution in [0.15, 0.2) is 48.5 Å². The highest BCUT2D eigenvalue weighted by atomic mass is 35.5. The third kappa shape index (κ3) is 6.68. The molecule has 0 spiro atoms. The molecule has 2 amide bonds. The molecule has 0 aliphatic heterocycles. The fourth-order valence-electron chi connectivity index (χ4n) is 2.70. The smallest absolute Gasteiger partial charge is 0.261 e. The summed E-state index contributed by atoms with van der Waals surface area (Å²) in [5.74, 6) is 0.691. The van der Waals surface area contributed by atoms with Crippen molar-refractivity contribution in [2.24, 2.45) is 0 Å². The first-order valence-corrected chi connectivity index (χ1v) is 9.79. The van der Waals surface area contributed by atoms with E-state index in [9.17, 15) is 9.59 Å². The fraction of sp³-hybridized carbons (Fsp3) is 0.364. The molecule has 0 aliphatic rings. The summed E-state index contributed by atoms with van der Waals surface area (Å²) >= 11 is 6.26.